The predicted octanol–water partition coefficient (Wildman–Crippen LogP) is 2.55. The summed E-state index contributed by atoms with van der Waals surface area (Å²) in [5, 5.41) is 16.9. The van der Waals surface area contributed by atoms with Gasteiger partial charge in [-0.3, -0.25) is 0 Å². The molecule has 0 amide bonds. The summed E-state index contributed by atoms with van der Waals surface area (Å²) in [5.74, 6) is -0.113. The van der Waals surface area contributed by atoms with Crippen molar-refractivity contribution in [2.24, 2.45) is 5.92 Å². The van der Waals surface area contributed by atoms with Crippen LogP contribution in [0.5, 0.6) is 0 Å². The first-order chi connectivity index (χ1) is 4.52. The van der Waals surface area contributed by atoms with Crippen LogP contribution in [0.4, 0.5) is 0 Å². The van der Waals surface area contributed by atoms with Crippen LogP contribution in [0, 0.1) is 28.6 Å². The van der Waals surface area contributed by atoms with Crippen molar-refractivity contribution in [2.45, 2.75) is 16.6 Å². The van der Waals surface area contributed by atoms with E-state index >= 15 is 0 Å². The number of nitrogens with zero attached hydrogens (tertiary/aromatic N) is 2. The standard InChI is InChI=1S/C6H6Br2N2/c1-5(3-9)2-6(7,8)4-10/h5H,2H2,1H3. The third-order valence-electron chi connectivity index (χ3n) is 0.947. The molecule has 1 unspecified atom stereocenters. The third-order valence-corrected chi connectivity index (χ3v) is 1.95. The quantitative estimate of drug-likeness (QED) is 0.721. The molecule has 0 radical (unpaired) electrons. The highest BCUT2D eigenvalue weighted by Gasteiger charge is 2.24. The zero-order valence-electron chi connectivity index (χ0n) is 5.43. The fourth-order valence-electron chi connectivity index (χ4n) is 0.476. The molecular weight excluding hydrogens is 260 g/mol. The molecule has 0 heterocycles. The van der Waals surface area contributed by atoms with Gasteiger partial charge in [-0.1, -0.05) is 31.9 Å². The maximum absolute atomic E-state index is 8.49. The van der Waals surface area contributed by atoms with E-state index in [1.54, 1.807) is 6.92 Å². The smallest absolute Gasteiger partial charge is 0.167 e. The van der Waals surface area contributed by atoms with E-state index in [0.717, 1.165) is 0 Å². The van der Waals surface area contributed by atoms with Crippen molar-refractivity contribution < 1.29 is 0 Å². The highest BCUT2D eigenvalue weighted by atomic mass is 79.9. The van der Waals surface area contributed by atoms with E-state index in [1.165, 1.54) is 0 Å². The second-order valence-corrected chi connectivity index (χ2v) is 5.82. The van der Waals surface area contributed by atoms with Gasteiger partial charge in [0, 0.05) is 12.3 Å². The summed E-state index contributed by atoms with van der Waals surface area (Å²) in [6.07, 6.45) is 0.486. The normalized spacial score (nSPS) is 13.3. The van der Waals surface area contributed by atoms with Gasteiger partial charge in [-0.2, -0.15) is 10.5 Å². The van der Waals surface area contributed by atoms with E-state index in [-0.39, 0.29) is 5.92 Å². The van der Waals surface area contributed by atoms with Crippen molar-refractivity contribution in [2.75, 3.05) is 0 Å². The summed E-state index contributed by atoms with van der Waals surface area (Å²) in [4.78, 5) is 0. The van der Waals surface area contributed by atoms with Crippen LogP contribution >= 0.6 is 31.9 Å². The van der Waals surface area contributed by atoms with E-state index in [4.69, 9.17) is 10.5 Å². The molecule has 54 valence electrons. The zero-order chi connectivity index (χ0) is 8.20. The number of hydrogen-bond acceptors (Lipinski definition) is 2. The maximum Gasteiger partial charge on any atom is 0.167 e. The monoisotopic (exact) mass is 264 g/mol. The molecule has 0 spiro atoms. The Hall–Kier alpha value is -0.0600. The molecule has 0 bridgehead atoms. The largest absolute Gasteiger partial charge is 0.198 e. The lowest BCUT2D eigenvalue weighted by atomic mass is 10.1. The summed E-state index contributed by atoms with van der Waals surface area (Å²) in [6.45, 7) is 1.77. The van der Waals surface area contributed by atoms with Crippen molar-refractivity contribution in [1.29, 1.82) is 10.5 Å². The molecule has 0 aliphatic rings. The van der Waals surface area contributed by atoms with E-state index in [2.05, 4.69) is 31.9 Å². The average Bonchev–Trinajstić information content (AvgIpc) is 1.87. The van der Waals surface area contributed by atoms with Gasteiger partial charge in [-0.25, -0.2) is 0 Å². The molecule has 0 aromatic rings. The topological polar surface area (TPSA) is 47.6 Å². The number of alkyl halides is 2. The van der Waals surface area contributed by atoms with Gasteiger partial charge in [0.05, 0.1) is 12.1 Å². The summed E-state index contributed by atoms with van der Waals surface area (Å²) in [7, 11) is 0. The molecule has 0 aromatic heterocycles. The molecule has 1 atom stereocenters. The molecule has 0 rings (SSSR count). The Balaban J connectivity index is 3.95. The molecule has 2 nitrogen and oxygen atoms in total. The molecular formula is C6H6Br2N2. The van der Waals surface area contributed by atoms with Gasteiger partial charge < -0.3 is 0 Å². The number of nitriles is 2. The second kappa shape index (κ2) is 3.95. The Morgan fingerprint density at radius 2 is 2.00 bits per heavy atom. The van der Waals surface area contributed by atoms with Crippen molar-refractivity contribution >= 4 is 31.9 Å². The van der Waals surface area contributed by atoms with Crippen LogP contribution < -0.4 is 0 Å². The van der Waals surface area contributed by atoms with Crippen LogP contribution in [-0.4, -0.2) is 3.23 Å². The minimum absolute atomic E-state index is 0.113. The third kappa shape index (κ3) is 3.87. The minimum Gasteiger partial charge on any atom is -0.198 e. The number of hydrogen-bond donors (Lipinski definition) is 0. The van der Waals surface area contributed by atoms with E-state index in [1.807, 2.05) is 12.1 Å². The molecule has 0 saturated carbocycles. The lowest BCUT2D eigenvalue weighted by Crippen LogP contribution is -2.11. The van der Waals surface area contributed by atoms with Crippen LogP contribution in [0.25, 0.3) is 0 Å². The predicted molar refractivity (Wildman–Crippen MR) is 45.6 cm³/mol. The van der Waals surface area contributed by atoms with Gasteiger partial charge in [-0.05, 0) is 6.92 Å². The van der Waals surface area contributed by atoms with Crippen molar-refractivity contribution in [3.63, 3.8) is 0 Å². The van der Waals surface area contributed by atoms with E-state index in [0.29, 0.717) is 6.42 Å². The Labute approximate surface area is 77.1 Å². The minimum atomic E-state index is -0.727. The van der Waals surface area contributed by atoms with Gasteiger partial charge in [0.2, 0.25) is 0 Å². The van der Waals surface area contributed by atoms with Gasteiger partial charge >= 0.3 is 0 Å². The Kier molecular flexibility index (Phi) is 3.93. The van der Waals surface area contributed by atoms with Crippen molar-refractivity contribution in [1.82, 2.24) is 0 Å². The van der Waals surface area contributed by atoms with Gasteiger partial charge in [0.15, 0.2) is 3.23 Å². The Morgan fingerprint density at radius 3 is 2.30 bits per heavy atom. The number of halogens is 2. The van der Waals surface area contributed by atoms with E-state index < -0.39 is 3.23 Å². The molecule has 4 heteroatoms. The lowest BCUT2D eigenvalue weighted by Gasteiger charge is -2.10. The average molecular weight is 266 g/mol. The summed E-state index contributed by atoms with van der Waals surface area (Å²) < 4.78 is -0.727. The van der Waals surface area contributed by atoms with Gasteiger partial charge in [-0.15, -0.1) is 0 Å². The summed E-state index contributed by atoms with van der Waals surface area (Å²) in [5.41, 5.74) is 0. The molecule has 10 heavy (non-hydrogen) atoms. The highest BCUT2D eigenvalue weighted by Crippen LogP contribution is 2.32. The molecule has 0 saturated heterocycles. The summed E-state index contributed by atoms with van der Waals surface area (Å²) >= 11 is 6.25. The van der Waals surface area contributed by atoms with Crippen LogP contribution in [-0.2, 0) is 0 Å². The molecule has 0 aliphatic carbocycles. The molecule has 0 N–H and O–H groups in total. The van der Waals surface area contributed by atoms with Gasteiger partial charge in [0.1, 0.15) is 0 Å². The van der Waals surface area contributed by atoms with Crippen molar-refractivity contribution in [3.8, 4) is 12.1 Å². The maximum atomic E-state index is 8.49. The fraction of sp³-hybridized carbons (Fsp3) is 0.667. The molecule has 0 aromatic carbocycles. The highest BCUT2D eigenvalue weighted by molar-refractivity contribution is 9.25. The van der Waals surface area contributed by atoms with E-state index in [9.17, 15) is 0 Å². The first kappa shape index (κ1) is 9.94. The fourth-order valence-corrected chi connectivity index (χ4v) is 1.45. The SMILES string of the molecule is CC(C#N)CC(Br)(Br)C#N. The zero-order valence-corrected chi connectivity index (χ0v) is 8.61. The first-order valence-electron chi connectivity index (χ1n) is 2.70. The van der Waals surface area contributed by atoms with Gasteiger partial charge in [0.25, 0.3) is 0 Å². The second-order valence-electron chi connectivity index (χ2n) is 2.05. The summed E-state index contributed by atoms with van der Waals surface area (Å²) in [6, 6.07) is 4.03. The van der Waals surface area contributed by atoms with Crippen LogP contribution in [0.15, 0.2) is 0 Å². The lowest BCUT2D eigenvalue weighted by molar-refractivity contribution is 0.674. The Bertz CT molecular complexity index is 187. The van der Waals surface area contributed by atoms with Crippen molar-refractivity contribution in [3.05, 3.63) is 0 Å². The van der Waals surface area contributed by atoms with Crippen LogP contribution in [0.1, 0.15) is 13.3 Å². The van der Waals surface area contributed by atoms with Crippen LogP contribution in [0.3, 0.4) is 0 Å². The number of rotatable bonds is 2. The molecule has 0 fully saturated rings. The molecule has 0 aliphatic heterocycles. The van der Waals surface area contributed by atoms with Crippen LogP contribution in [0.2, 0.25) is 0 Å². The Morgan fingerprint density at radius 1 is 1.50 bits per heavy atom. The first-order valence-corrected chi connectivity index (χ1v) is 4.29.